The standard InChI is InChI=1S/C26H16N2O2/c1-3-7-17-11-23-19(9-15(17)5-1)27-21-13-26-22(14-25(21)29-23)28-20-10-16-6-2-4-8-18(16)12-24(20)30-26/h1-11,13-14,18H,12H2. The largest absolute Gasteiger partial charge is 0.457 e. The lowest BCUT2D eigenvalue weighted by atomic mass is 9.86. The molecule has 4 heteroatoms. The van der Waals surface area contributed by atoms with Gasteiger partial charge in [-0.25, -0.2) is 9.98 Å². The lowest BCUT2D eigenvalue weighted by molar-refractivity contribution is 0.367. The molecule has 0 radical (unpaired) electrons. The van der Waals surface area contributed by atoms with Crippen LogP contribution in [0.3, 0.4) is 0 Å². The van der Waals surface area contributed by atoms with Crippen LogP contribution in [0.5, 0.6) is 17.2 Å². The van der Waals surface area contributed by atoms with Crippen molar-refractivity contribution in [3.05, 3.63) is 107 Å². The van der Waals surface area contributed by atoms with Gasteiger partial charge in [-0.1, -0.05) is 48.6 Å². The average Bonchev–Trinajstić information content (AvgIpc) is 2.77. The van der Waals surface area contributed by atoms with Crippen molar-refractivity contribution >= 4 is 16.5 Å². The summed E-state index contributed by atoms with van der Waals surface area (Å²) in [4.78, 5) is 9.71. The summed E-state index contributed by atoms with van der Waals surface area (Å²) in [6.45, 7) is 0. The molecular weight excluding hydrogens is 372 g/mol. The van der Waals surface area contributed by atoms with Gasteiger partial charge in [0.1, 0.15) is 27.9 Å². The van der Waals surface area contributed by atoms with Crippen LogP contribution >= 0.6 is 0 Å². The first-order valence-corrected chi connectivity index (χ1v) is 10.1. The van der Waals surface area contributed by atoms with Crippen LogP contribution in [-0.4, -0.2) is 0 Å². The predicted octanol–water partition coefficient (Wildman–Crippen LogP) is 5.19. The van der Waals surface area contributed by atoms with Gasteiger partial charge in [-0.2, -0.15) is 0 Å². The molecule has 4 nitrogen and oxygen atoms in total. The van der Waals surface area contributed by atoms with Gasteiger partial charge in [0, 0.05) is 24.5 Å². The number of benzene rings is 3. The van der Waals surface area contributed by atoms with Crippen molar-refractivity contribution in [1.82, 2.24) is 0 Å². The number of rotatable bonds is 0. The summed E-state index contributed by atoms with van der Waals surface area (Å²) in [7, 11) is 0. The van der Waals surface area contributed by atoms with E-state index in [0.717, 1.165) is 56.6 Å². The molecule has 1 unspecified atom stereocenters. The number of ether oxygens (including phenoxy) is 2. The van der Waals surface area contributed by atoms with Crippen molar-refractivity contribution in [2.45, 2.75) is 6.42 Å². The van der Waals surface area contributed by atoms with Crippen molar-refractivity contribution in [3.8, 4) is 17.2 Å². The van der Waals surface area contributed by atoms with E-state index in [2.05, 4.69) is 48.6 Å². The molecule has 0 amide bonds. The summed E-state index contributed by atoms with van der Waals surface area (Å²) in [6, 6.07) is 16.2. The molecule has 2 aliphatic heterocycles. The third-order valence-corrected chi connectivity index (χ3v) is 5.97. The minimum Gasteiger partial charge on any atom is -0.457 e. The normalized spacial score (nSPS) is 19.7. The third-order valence-electron chi connectivity index (χ3n) is 5.97. The van der Waals surface area contributed by atoms with Crippen LogP contribution in [-0.2, 0) is 0 Å². The molecule has 3 aromatic carbocycles. The highest BCUT2D eigenvalue weighted by atomic mass is 16.5. The van der Waals surface area contributed by atoms with Gasteiger partial charge in [0.05, 0.1) is 0 Å². The monoisotopic (exact) mass is 388 g/mol. The van der Waals surface area contributed by atoms with Crippen LogP contribution in [0.4, 0.5) is 5.69 Å². The number of hydrogen-bond acceptors (Lipinski definition) is 4. The van der Waals surface area contributed by atoms with Gasteiger partial charge in [0.2, 0.25) is 0 Å². The zero-order chi connectivity index (χ0) is 19.7. The molecule has 0 N–H and O–H groups in total. The van der Waals surface area contributed by atoms with E-state index in [0.29, 0.717) is 11.7 Å². The highest BCUT2D eigenvalue weighted by Crippen LogP contribution is 2.39. The third kappa shape index (κ3) is 2.34. The summed E-state index contributed by atoms with van der Waals surface area (Å²) in [5.74, 6) is 3.47. The van der Waals surface area contributed by atoms with Crippen molar-refractivity contribution in [1.29, 1.82) is 0 Å². The van der Waals surface area contributed by atoms with Gasteiger partial charge in [-0.15, -0.1) is 0 Å². The van der Waals surface area contributed by atoms with Crippen molar-refractivity contribution in [3.63, 3.8) is 0 Å². The summed E-state index contributed by atoms with van der Waals surface area (Å²) in [5, 5.41) is 3.82. The van der Waals surface area contributed by atoms with Crippen LogP contribution < -0.4 is 20.2 Å². The maximum atomic E-state index is 6.28. The molecule has 2 aliphatic carbocycles. The summed E-state index contributed by atoms with van der Waals surface area (Å²) in [5.41, 5.74) is 3.00. The van der Waals surface area contributed by atoms with E-state index in [4.69, 9.17) is 19.5 Å². The van der Waals surface area contributed by atoms with Crippen LogP contribution in [0, 0.1) is 5.92 Å². The minimum atomic E-state index is 0.358. The van der Waals surface area contributed by atoms with E-state index in [1.807, 2.05) is 30.3 Å². The van der Waals surface area contributed by atoms with Crippen molar-refractivity contribution in [2.24, 2.45) is 15.9 Å². The second-order valence-electron chi connectivity index (χ2n) is 7.89. The van der Waals surface area contributed by atoms with Crippen molar-refractivity contribution in [2.75, 3.05) is 0 Å². The van der Waals surface area contributed by atoms with Gasteiger partial charge < -0.3 is 9.47 Å². The fourth-order valence-corrected chi connectivity index (χ4v) is 4.44. The number of fused-ring (bicyclic) bond motifs is 5. The summed E-state index contributed by atoms with van der Waals surface area (Å²) in [6.07, 6.45) is 11.5. The first-order valence-electron chi connectivity index (χ1n) is 10.1. The zero-order valence-electron chi connectivity index (χ0n) is 16.0. The maximum Gasteiger partial charge on any atom is 0.155 e. The fourth-order valence-electron chi connectivity index (χ4n) is 4.44. The molecule has 0 saturated carbocycles. The van der Waals surface area contributed by atoms with E-state index in [1.165, 1.54) is 5.57 Å². The van der Waals surface area contributed by atoms with Crippen LogP contribution in [0.1, 0.15) is 6.42 Å². The lowest BCUT2D eigenvalue weighted by Gasteiger charge is -2.27. The highest BCUT2D eigenvalue weighted by Gasteiger charge is 2.26. The topological polar surface area (TPSA) is 43.2 Å². The molecule has 0 spiro atoms. The number of allylic oxidation sites excluding steroid dienone is 7. The molecule has 1 atom stereocenters. The Morgan fingerprint density at radius 1 is 0.800 bits per heavy atom. The van der Waals surface area contributed by atoms with Gasteiger partial charge in [0.25, 0.3) is 0 Å². The van der Waals surface area contributed by atoms with Crippen LogP contribution in [0.15, 0.2) is 106 Å². The predicted molar refractivity (Wildman–Crippen MR) is 115 cm³/mol. The molecule has 142 valence electrons. The molecule has 3 aromatic rings. The molecular formula is C26H16N2O2. The Kier molecular flexibility index (Phi) is 3.08. The van der Waals surface area contributed by atoms with Gasteiger partial charge in [-0.3, -0.25) is 0 Å². The minimum absolute atomic E-state index is 0.358. The maximum absolute atomic E-state index is 6.28. The van der Waals surface area contributed by atoms with Gasteiger partial charge >= 0.3 is 0 Å². The Hall–Kier alpha value is -3.92. The Morgan fingerprint density at radius 2 is 1.60 bits per heavy atom. The Bertz CT molecular complexity index is 1520. The van der Waals surface area contributed by atoms with E-state index in [9.17, 15) is 0 Å². The number of hydrogen-bond donors (Lipinski definition) is 0. The van der Waals surface area contributed by atoms with Gasteiger partial charge in [-0.05, 0) is 34.6 Å². The molecule has 30 heavy (non-hydrogen) atoms. The Labute approximate surface area is 172 Å². The summed E-state index contributed by atoms with van der Waals surface area (Å²) >= 11 is 0. The quantitative estimate of drug-likeness (QED) is 0.416. The fraction of sp³-hybridized carbons (Fsp3) is 0.0769. The first kappa shape index (κ1) is 15.9. The van der Waals surface area contributed by atoms with Gasteiger partial charge in [0.15, 0.2) is 17.2 Å². The molecule has 0 fully saturated rings. The lowest BCUT2D eigenvalue weighted by Crippen LogP contribution is -2.24. The van der Waals surface area contributed by atoms with Crippen molar-refractivity contribution < 1.29 is 9.47 Å². The van der Waals surface area contributed by atoms with Crippen LogP contribution in [0.25, 0.3) is 10.8 Å². The second kappa shape index (κ2) is 5.80. The van der Waals surface area contributed by atoms with Crippen LogP contribution in [0.2, 0.25) is 0 Å². The molecule has 7 rings (SSSR count). The highest BCUT2D eigenvalue weighted by molar-refractivity contribution is 5.88. The van der Waals surface area contributed by atoms with E-state index < -0.39 is 0 Å². The molecule has 0 aromatic heterocycles. The Morgan fingerprint density at radius 3 is 2.50 bits per heavy atom. The molecule has 0 saturated heterocycles. The average molecular weight is 388 g/mol. The smallest absolute Gasteiger partial charge is 0.155 e. The van der Waals surface area contributed by atoms with E-state index >= 15 is 0 Å². The number of nitrogens with zero attached hydrogens (tertiary/aromatic N) is 2. The molecule has 2 heterocycles. The Balaban J connectivity index is 1.36. The molecule has 4 aliphatic rings. The first-order chi connectivity index (χ1) is 14.8. The summed E-state index contributed by atoms with van der Waals surface area (Å²) < 4.78 is 12.5. The second-order valence-corrected chi connectivity index (χ2v) is 7.89. The van der Waals surface area contributed by atoms with E-state index in [-0.39, 0.29) is 0 Å². The SMILES string of the molecule is C1=CC2=CC3=C(CC2C=C1)Oc1cc2c(cc1=N3)Oc1cc3ccccc3cc1N=2. The molecule has 0 bridgehead atoms. The van der Waals surface area contributed by atoms with E-state index in [1.54, 1.807) is 0 Å². The zero-order valence-corrected chi connectivity index (χ0v) is 16.0.